The highest BCUT2D eigenvalue weighted by Gasteiger charge is 2.03. The highest BCUT2D eigenvalue weighted by molar-refractivity contribution is 6.30. The lowest BCUT2D eigenvalue weighted by Gasteiger charge is -2.01. The van der Waals surface area contributed by atoms with Crippen LogP contribution in [0.25, 0.3) is 0 Å². The highest BCUT2D eigenvalue weighted by Crippen LogP contribution is 2.08. The molecule has 0 spiro atoms. The predicted octanol–water partition coefficient (Wildman–Crippen LogP) is 0.312. The number of hydrogen-bond acceptors (Lipinski definition) is 1. The van der Waals surface area contributed by atoms with Crippen LogP contribution in [0.1, 0.15) is 10.4 Å². The van der Waals surface area contributed by atoms with Crippen LogP contribution < -0.4 is 11.1 Å². The normalized spacial score (nSPS) is 9.69. The smallest absolute Gasteiger partial charge is 0.251 e. The molecule has 70 valence electrons. The van der Waals surface area contributed by atoms with E-state index in [-0.39, 0.29) is 5.91 Å². The third-order valence-electron chi connectivity index (χ3n) is 1.57. The first-order valence-electron chi connectivity index (χ1n) is 4.07. The summed E-state index contributed by atoms with van der Waals surface area (Å²) in [5.74, 6) is -0.0830. The second-order valence-corrected chi connectivity index (χ2v) is 3.05. The van der Waals surface area contributed by atoms with Gasteiger partial charge in [-0.3, -0.25) is 4.79 Å². The Balaban J connectivity index is 2.61. The van der Waals surface area contributed by atoms with Gasteiger partial charge in [-0.05, 0) is 24.3 Å². The Hall–Kier alpha value is -1.06. The molecular weight excluding hydrogens is 188 g/mol. The Kier molecular flexibility index (Phi) is 3.73. The number of amides is 1. The van der Waals surface area contributed by atoms with Crippen LogP contribution in [0.2, 0.25) is 5.02 Å². The summed E-state index contributed by atoms with van der Waals surface area (Å²) >= 11 is 5.68. The summed E-state index contributed by atoms with van der Waals surface area (Å²) in [5.41, 5.74) is 4.25. The summed E-state index contributed by atoms with van der Waals surface area (Å²) < 4.78 is 0. The number of rotatable bonds is 3. The quantitative estimate of drug-likeness (QED) is 0.724. The maximum atomic E-state index is 11.3. The molecular formula is C9H12ClN2O+. The van der Waals surface area contributed by atoms with Crippen LogP contribution in [0, 0.1) is 0 Å². The average molecular weight is 200 g/mol. The van der Waals surface area contributed by atoms with E-state index >= 15 is 0 Å². The van der Waals surface area contributed by atoms with Crippen LogP contribution in [-0.4, -0.2) is 19.0 Å². The van der Waals surface area contributed by atoms with Crippen molar-refractivity contribution >= 4 is 17.5 Å². The van der Waals surface area contributed by atoms with Crippen LogP contribution in [0.3, 0.4) is 0 Å². The molecule has 0 fully saturated rings. The van der Waals surface area contributed by atoms with Gasteiger partial charge in [-0.25, -0.2) is 0 Å². The Morgan fingerprint density at radius 2 is 2.00 bits per heavy atom. The minimum atomic E-state index is -0.0830. The van der Waals surface area contributed by atoms with E-state index < -0.39 is 0 Å². The lowest BCUT2D eigenvalue weighted by Crippen LogP contribution is -2.54. The molecule has 1 amide bonds. The molecule has 0 atom stereocenters. The van der Waals surface area contributed by atoms with E-state index in [0.717, 1.165) is 0 Å². The second-order valence-electron chi connectivity index (χ2n) is 2.62. The number of carbonyl (C=O) groups is 1. The summed E-state index contributed by atoms with van der Waals surface area (Å²) in [4.78, 5) is 11.3. The zero-order chi connectivity index (χ0) is 9.68. The van der Waals surface area contributed by atoms with Crippen molar-refractivity contribution < 1.29 is 10.5 Å². The Morgan fingerprint density at radius 1 is 1.38 bits per heavy atom. The SMILES string of the molecule is [NH3+]CCNC(=O)c1ccc(Cl)cc1. The molecule has 0 saturated carbocycles. The Morgan fingerprint density at radius 3 is 2.54 bits per heavy atom. The molecule has 0 saturated heterocycles. The van der Waals surface area contributed by atoms with E-state index in [1.165, 1.54) is 0 Å². The molecule has 0 aromatic heterocycles. The number of quaternary nitrogens is 1. The highest BCUT2D eigenvalue weighted by atomic mass is 35.5. The minimum Gasteiger partial charge on any atom is -0.356 e. The van der Waals surface area contributed by atoms with Crippen LogP contribution in [0.5, 0.6) is 0 Å². The van der Waals surface area contributed by atoms with Crippen LogP contribution in [0.15, 0.2) is 24.3 Å². The molecule has 1 aromatic rings. The fourth-order valence-corrected chi connectivity index (χ4v) is 1.03. The number of nitrogens with one attached hydrogen (secondary N) is 1. The molecule has 3 nitrogen and oxygen atoms in total. The molecule has 13 heavy (non-hydrogen) atoms. The first-order valence-corrected chi connectivity index (χ1v) is 4.45. The van der Waals surface area contributed by atoms with Crippen LogP contribution >= 0.6 is 11.6 Å². The number of benzene rings is 1. The molecule has 0 aliphatic heterocycles. The zero-order valence-electron chi connectivity index (χ0n) is 7.22. The van der Waals surface area contributed by atoms with Gasteiger partial charge in [0.15, 0.2) is 0 Å². The minimum absolute atomic E-state index is 0.0830. The summed E-state index contributed by atoms with van der Waals surface area (Å²) in [7, 11) is 0. The standard InChI is InChI=1S/C9H11ClN2O/c10-8-3-1-7(2-4-8)9(13)12-6-5-11/h1-4H,5-6,11H2,(H,12,13)/p+1. The van der Waals surface area contributed by atoms with Crippen molar-refractivity contribution in [3.63, 3.8) is 0 Å². The lowest BCUT2D eigenvalue weighted by molar-refractivity contribution is -0.364. The summed E-state index contributed by atoms with van der Waals surface area (Å²) in [6.45, 7) is 1.29. The molecule has 1 aromatic carbocycles. The lowest BCUT2D eigenvalue weighted by atomic mass is 10.2. The molecule has 0 aliphatic carbocycles. The molecule has 0 heterocycles. The van der Waals surface area contributed by atoms with Crippen molar-refractivity contribution in [3.8, 4) is 0 Å². The molecule has 0 aliphatic rings. The molecule has 0 unspecified atom stereocenters. The molecule has 1 rings (SSSR count). The van der Waals surface area contributed by atoms with Gasteiger partial charge in [0.25, 0.3) is 5.91 Å². The molecule has 4 N–H and O–H groups in total. The van der Waals surface area contributed by atoms with E-state index in [2.05, 4.69) is 11.1 Å². The van der Waals surface area contributed by atoms with Crippen molar-refractivity contribution in [2.45, 2.75) is 0 Å². The summed E-state index contributed by atoms with van der Waals surface area (Å²) in [6, 6.07) is 6.78. The van der Waals surface area contributed by atoms with Gasteiger partial charge in [-0.15, -0.1) is 0 Å². The van der Waals surface area contributed by atoms with E-state index in [0.29, 0.717) is 23.7 Å². The molecule has 0 bridgehead atoms. The monoisotopic (exact) mass is 199 g/mol. The number of halogens is 1. The van der Waals surface area contributed by atoms with Crippen molar-refractivity contribution in [1.29, 1.82) is 0 Å². The van der Waals surface area contributed by atoms with Gasteiger partial charge < -0.3 is 11.1 Å². The van der Waals surface area contributed by atoms with Gasteiger partial charge in [0.05, 0.1) is 13.1 Å². The Labute approximate surface area is 81.9 Å². The largest absolute Gasteiger partial charge is 0.356 e. The second kappa shape index (κ2) is 4.84. The first kappa shape index (κ1) is 10.0. The number of hydrogen-bond donors (Lipinski definition) is 2. The topological polar surface area (TPSA) is 56.7 Å². The van der Waals surface area contributed by atoms with Gasteiger partial charge in [0.2, 0.25) is 0 Å². The van der Waals surface area contributed by atoms with Crippen LogP contribution in [0.4, 0.5) is 0 Å². The van der Waals surface area contributed by atoms with E-state index in [1.54, 1.807) is 24.3 Å². The molecule has 0 radical (unpaired) electrons. The van der Waals surface area contributed by atoms with Crippen molar-refractivity contribution in [2.75, 3.05) is 13.1 Å². The van der Waals surface area contributed by atoms with Gasteiger partial charge >= 0.3 is 0 Å². The maximum absolute atomic E-state index is 11.3. The molecule has 4 heteroatoms. The fourth-order valence-electron chi connectivity index (χ4n) is 0.905. The zero-order valence-corrected chi connectivity index (χ0v) is 7.97. The summed E-state index contributed by atoms with van der Waals surface area (Å²) in [6.07, 6.45) is 0. The average Bonchev–Trinajstić information content (AvgIpc) is 2.15. The van der Waals surface area contributed by atoms with Gasteiger partial charge in [-0.1, -0.05) is 11.6 Å². The number of carbonyl (C=O) groups excluding carboxylic acids is 1. The third-order valence-corrected chi connectivity index (χ3v) is 1.82. The van der Waals surface area contributed by atoms with Crippen molar-refractivity contribution in [3.05, 3.63) is 34.9 Å². The van der Waals surface area contributed by atoms with Crippen molar-refractivity contribution in [1.82, 2.24) is 5.32 Å². The van der Waals surface area contributed by atoms with Gasteiger partial charge in [0, 0.05) is 10.6 Å². The van der Waals surface area contributed by atoms with Gasteiger partial charge in [-0.2, -0.15) is 0 Å². The van der Waals surface area contributed by atoms with E-state index in [1.807, 2.05) is 0 Å². The van der Waals surface area contributed by atoms with Gasteiger partial charge in [0.1, 0.15) is 0 Å². The maximum Gasteiger partial charge on any atom is 0.251 e. The van der Waals surface area contributed by atoms with Crippen LogP contribution in [-0.2, 0) is 0 Å². The van der Waals surface area contributed by atoms with Crippen molar-refractivity contribution in [2.24, 2.45) is 0 Å². The fraction of sp³-hybridized carbons (Fsp3) is 0.222. The Bertz CT molecular complexity index is 284. The van der Waals surface area contributed by atoms with E-state index in [4.69, 9.17) is 11.6 Å². The first-order chi connectivity index (χ1) is 6.24. The summed E-state index contributed by atoms with van der Waals surface area (Å²) in [5, 5.41) is 3.36. The third kappa shape index (κ3) is 3.05. The predicted molar refractivity (Wildman–Crippen MR) is 51.5 cm³/mol. The van der Waals surface area contributed by atoms with E-state index in [9.17, 15) is 4.79 Å².